The van der Waals surface area contributed by atoms with Gasteiger partial charge in [-0.25, -0.2) is 0 Å². The predicted octanol–water partition coefficient (Wildman–Crippen LogP) is 2.72. The molecular weight excluding hydrogens is 210 g/mol. The largest absolute Gasteiger partial charge is 0.393 e. The van der Waals surface area contributed by atoms with Crippen molar-refractivity contribution >= 4 is 0 Å². The van der Waals surface area contributed by atoms with Crippen molar-refractivity contribution in [1.29, 1.82) is 0 Å². The maximum atomic E-state index is 9.25. The Bertz CT molecular complexity index is 383. The quantitative estimate of drug-likeness (QED) is 0.838. The van der Waals surface area contributed by atoms with Gasteiger partial charge in [-0.2, -0.15) is 0 Å². The first-order valence-electron chi connectivity index (χ1n) is 6.55. The summed E-state index contributed by atoms with van der Waals surface area (Å²) in [5.74, 6) is 0.665. The van der Waals surface area contributed by atoms with Crippen LogP contribution < -0.4 is 5.32 Å². The van der Waals surface area contributed by atoms with E-state index in [0.29, 0.717) is 12.0 Å². The van der Waals surface area contributed by atoms with Gasteiger partial charge in [-0.3, -0.25) is 0 Å². The van der Waals surface area contributed by atoms with Crippen molar-refractivity contribution in [2.75, 3.05) is 6.54 Å². The molecule has 0 amide bonds. The SMILES string of the molecule is Cc1ccc(C(C)NCC2CC(O)C2)c(C)c1. The van der Waals surface area contributed by atoms with Gasteiger partial charge in [0.25, 0.3) is 0 Å². The molecule has 2 N–H and O–H groups in total. The van der Waals surface area contributed by atoms with Gasteiger partial charge in [-0.1, -0.05) is 23.8 Å². The average Bonchev–Trinajstić information content (AvgIpc) is 2.22. The van der Waals surface area contributed by atoms with Gasteiger partial charge < -0.3 is 10.4 Å². The minimum absolute atomic E-state index is 0.0433. The van der Waals surface area contributed by atoms with E-state index in [2.05, 4.69) is 44.3 Å². The highest BCUT2D eigenvalue weighted by Gasteiger charge is 2.27. The first-order chi connectivity index (χ1) is 8.06. The summed E-state index contributed by atoms with van der Waals surface area (Å²) in [6, 6.07) is 7.03. The maximum Gasteiger partial charge on any atom is 0.0546 e. The van der Waals surface area contributed by atoms with Crippen molar-refractivity contribution in [3.63, 3.8) is 0 Å². The van der Waals surface area contributed by atoms with Crippen LogP contribution in [0.15, 0.2) is 18.2 Å². The molecule has 1 aliphatic rings. The summed E-state index contributed by atoms with van der Waals surface area (Å²) in [5, 5.41) is 12.8. The van der Waals surface area contributed by atoms with Crippen LogP contribution >= 0.6 is 0 Å². The molecule has 1 unspecified atom stereocenters. The van der Waals surface area contributed by atoms with Crippen LogP contribution in [0.1, 0.15) is 42.5 Å². The van der Waals surface area contributed by atoms with E-state index in [1.807, 2.05) is 0 Å². The lowest BCUT2D eigenvalue weighted by molar-refractivity contribution is 0.0420. The van der Waals surface area contributed by atoms with Crippen LogP contribution in [0.3, 0.4) is 0 Å². The van der Waals surface area contributed by atoms with Crippen LogP contribution in [-0.2, 0) is 0 Å². The topological polar surface area (TPSA) is 32.3 Å². The van der Waals surface area contributed by atoms with Crippen LogP contribution in [0.2, 0.25) is 0 Å². The molecule has 94 valence electrons. The Kier molecular flexibility index (Phi) is 3.85. The monoisotopic (exact) mass is 233 g/mol. The van der Waals surface area contributed by atoms with Gasteiger partial charge in [0, 0.05) is 6.04 Å². The van der Waals surface area contributed by atoms with Gasteiger partial charge in [-0.15, -0.1) is 0 Å². The fourth-order valence-corrected chi connectivity index (χ4v) is 2.63. The van der Waals surface area contributed by atoms with E-state index in [4.69, 9.17) is 0 Å². The zero-order valence-electron chi connectivity index (χ0n) is 11.0. The summed E-state index contributed by atoms with van der Waals surface area (Å²) in [6.45, 7) is 7.54. The fourth-order valence-electron chi connectivity index (χ4n) is 2.63. The third kappa shape index (κ3) is 3.08. The lowest BCUT2D eigenvalue weighted by Crippen LogP contribution is -2.37. The van der Waals surface area contributed by atoms with E-state index < -0.39 is 0 Å². The van der Waals surface area contributed by atoms with Gasteiger partial charge in [0.05, 0.1) is 6.10 Å². The predicted molar refractivity (Wildman–Crippen MR) is 71.1 cm³/mol. The number of aryl methyl sites for hydroxylation is 2. The Labute approximate surface area is 104 Å². The van der Waals surface area contributed by atoms with E-state index in [-0.39, 0.29) is 6.10 Å². The number of nitrogens with one attached hydrogen (secondary N) is 1. The van der Waals surface area contributed by atoms with Crippen molar-refractivity contribution in [2.45, 2.75) is 45.8 Å². The van der Waals surface area contributed by atoms with Crippen LogP contribution in [0, 0.1) is 19.8 Å². The smallest absolute Gasteiger partial charge is 0.0546 e. The van der Waals surface area contributed by atoms with Crippen molar-refractivity contribution < 1.29 is 5.11 Å². The lowest BCUT2D eigenvalue weighted by Gasteiger charge is -2.32. The lowest BCUT2D eigenvalue weighted by atomic mass is 9.82. The zero-order chi connectivity index (χ0) is 12.4. The summed E-state index contributed by atoms with van der Waals surface area (Å²) >= 11 is 0. The maximum absolute atomic E-state index is 9.25. The Balaban J connectivity index is 1.88. The van der Waals surface area contributed by atoms with Gasteiger partial charge in [0.15, 0.2) is 0 Å². The minimum Gasteiger partial charge on any atom is -0.393 e. The summed E-state index contributed by atoms with van der Waals surface area (Å²) in [7, 11) is 0. The normalized spacial score (nSPS) is 25.4. The first-order valence-corrected chi connectivity index (χ1v) is 6.55. The second-order valence-electron chi connectivity index (χ2n) is 5.48. The molecule has 0 aromatic heterocycles. The molecule has 0 aliphatic heterocycles. The van der Waals surface area contributed by atoms with Crippen molar-refractivity contribution in [3.8, 4) is 0 Å². The number of aliphatic hydroxyl groups is 1. The van der Waals surface area contributed by atoms with Crippen LogP contribution in [0.4, 0.5) is 0 Å². The molecule has 1 aromatic rings. The van der Waals surface area contributed by atoms with E-state index in [1.165, 1.54) is 16.7 Å². The van der Waals surface area contributed by atoms with Crippen LogP contribution in [-0.4, -0.2) is 17.8 Å². The highest BCUT2D eigenvalue weighted by atomic mass is 16.3. The molecule has 1 aromatic carbocycles. The highest BCUT2D eigenvalue weighted by Crippen LogP contribution is 2.27. The minimum atomic E-state index is -0.0433. The molecule has 1 saturated carbocycles. The second kappa shape index (κ2) is 5.19. The summed E-state index contributed by atoms with van der Waals surface area (Å²) in [5.41, 5.74) is 4.06. The molecule has 0 radical (unpaired) electrons. The summed E-state index contributed by atoms with van der Waals surface area (Å²) < 4.78 is 0. The van der Waals surface area contributed by atoms with Crippen LogP contribution in [0.25, 0.3) is 0 Å². The average molecular weight is 233 g/mol. The Morgan fingerprint density at radius 1 is 1.35 bits per heavy atom. The molecule has 1 fully saturated rings. The van der Waals surface area contributed by atoms with E-state index in [1.54, 1.807) is 0 Å². The fraction of sp³-hybridized carbons (Fsp3) is 0.600. The molecule has 0 heterocycles. The van der Waals surface area contributed by atoms with Gasteiger partial charge in [0.1, 0.15) is 0 Å². The standard InChI is InChI=1S/C15H23NO/c1-10-4-5-15(11(2)6-10)12(3)16-9-13-7-14(17)8-13/h4-6,12-14,16-17H,7-9H2,1-3H3. The third-order valence-corrected chi connectivity index (χ3v) is 3.82. The van der Waals surface area contributed by atoms with E-state index >= 15 is 0 Å². The number of benzene rings is 1. The highest BCUT2D eigenvalue weighted by molar-refractivity contribution is 5.32. The molecule has 0 spiro atoms. The summed E-state index contributed by atoms with van der Waals surface area (Å²) in [6.07, 6.45) is 1.89. The molecule has 0 bridgehead atoms. The molecule has 17 heavy (non-hydrogen) atoms. The Hall–Kier alpha value is -0.860. The second-order valence-corrected chi connectivity index (χ2v) is 5.48. The molecule has 0 saturated heterocycles. The molecule has 2 nitrogen and oxygen atoms in total. The van der Waals surface area contributed by atoms with E-state index in [9.17, 15) is 5.11 Å². The zero-order valence-corrected chi connectivity index (χ0v) is 11.0. The first kappa shape index (κ1) is 12.6. The van der Waals surface area contributed by atoms with Crippen molar-refractivity contribution in [1.82, 2.24) is 5.32 Å². The number of hydrogen-bond acceptors (Lipinski definition) is 2. The van der Waals surface area contributed by atoms with Crippen molar-refractivity contribution in [2.24, 2.45) is 5.92 Å². The molecule has 1 aliphatic carbocycles. The molecule has 2 rings (SSSR count). The number of hydrogen-bond donors (Lipinski definition) is 2. The number of aliphatic hydroxyl groups excluding tert-OH is 1. The Morgan fingerprint density at radius 3 is 2.65 bits per heavy atom. The Morgan fingerprint density at radius 2 is 2.06 bits per heavy atom. The van der Waals surface area contributed by atoms with Gasteiger partial charge in [0.2, 0.25) is 0 Å². The molecular formula is C15H23NO. The van der Waals surface area contributed by atoms with Gasteiger partial charge in [-0.05, 0) is 57.2 Å². The summed E-state index contributed by atoms with van der Waals surface area (Å²) in [4.78, 5) is 0. The molecule has 2 heteroatoms. The van der Waals surface area contributed by atoms with E-state index in [0.717, 1.165) is 19.4 Å². The third-order valence-electron chi connectivity index (χ3n) is 3.82. The molecule has 1 atom stereocenters. The number of rotatable bonds is 4. The van der Waals surface area contributed by atoms with Crippen LogP contribution in [0.5, 0.6) is 0 Å². The van der Waals surface area contributed by atoms with Crippen molar-refractivity contribution in [3.05, 3.63) is 34.9 Å². The van der Waals surface area contributed by atoms with Gasteiger partial charge >= 0.3 is 0 Å².